The van der Waals surface area contributed by atoms with Crippen LogP contribution in [-0.2, 0) is 6.18 Å². The van der Waals surface area contributed by atoms with Gasteiger partial charge in [-0.3, -0.25) is 4.79 Å². The van der Waals surface area contributed by atoms with E-state index in [0.717, 1.165) is 17.0 Å². The van der Waals surface area contributed by atoms with E-state index in [-0.39, 0.29) is 11.5 Å². The predicted molar refractivity (Wildman–Crippen MR) is 109 cm³/mol. The molecule has 0 aliphatic carbocycles. The van der Waals surface area contributed by atoms with Gasteiger partial charge in [0, 0.05) is 36.2 Å². The Bertz CT molecular complexity index is 1080. The van der Waals surface area contributed by atoms with Gasteiger partial charge in [-0.2, -0.15) is 13.2 Å². The third kappa shape index (κ3) is 3.90. The molecule has 0 bridgehead atoms. The maximum atomic E-state index is 13.2. The van der Waals surface area contributed by atoms with E-state index in [2.05, 4.69) is 10.3 Å². The molecule has 3 rings (SSSR count). The predicted octanol–water partition coefficient (Wildman–Crippen LogP) is 5.71. The first-order chi connectivity index (χ1) is 13.6. The van der Waals surface area contributed by atoms with Crippen LogP contribution in [0.4, 0.5) is 24.7 Å². The number of hydrogen-bond acceptors (Lipinski definition) is 3. The highest BCUT2D eigenvalue weighted by Gasteiger charge is 2.33. The molecule has 0 spiro atoms. The summed E-state index contributed by atoms with van der Waals surface area (Å²) in [5.74, 6) is 0.253. The van der Waals surface area contributed by atoms with Gasteiger partial charge in [-0.1, -0.05) is 24.3 Å². The van der Waals surface area contributed by atoms with Crippen molar-refractivity contribution in [1.82, 2.24) is 9.88 Å². The van der Waals surface area contributed by atoms with E-state index in [1.807, 2.05) is 32.0 Å². The maximum absolute atomic E-state index is 13.2. The number of pyridine rings is 1. The summed E-state index contributed by atoms with van der Waals surface area (Å²) >= 11 is 0. The Hall–Kier alpha value is -3.09. The van der Waals surface area contributed by atoms with Gasteiger partial charge in [0.25, 0.3) is 5.91 Å². The van der Waals surface area contributed by atoms with Crippen LogP contribution < -0.4 is 5.32 Å². The van der Waals surface area contributed by atoms with Crippen molar-refractivity contribution in [3.05, 3.63) is 64.8 Å². The van der Waals surface area contributed by atoms with Crippen LogP contribution in [0.25, 0.3) is 10.8 Å². The number of aryl methyl sites for hydroxylation is 1. The summed E-state index contributed by atoms with van der Waals surface area (Å²) < 4.78 is 39.7. The fourth-order valence-corrected chi connectivity index (χ4v) is 3.30. The number of fused-ring (bicyclic) bond motifs is 1. The van der Waals surface area contributed by atoms with Gasteiger partial charge in [0.15, 0.2) is 0 Å². The van der Waals surface area contributed by atoms with Crippen LogP contribution in [0.3, 0.4) is 0 Å². The quantitative estimate of drug-likeness (QED) is 0.609. The number of benzene rings is 2. The summed E-state index contributed by atoms with van der Waals surface area (Å²) in [5.41, 5.74) is 1.07. The first-order valence-corrected chi connectivity index (χ1v) is 9.22. The van der Waals surface area contributed by atoms with Crippen LogP contribution in [0, 0.1) is 13.8 Å². The van der Waals surface area contributed by atoms with E-state index in [4.69, 9.17) is 0 Å². The third-order valence-electron chi connectivity index (χ3n) is 5.06. The molecule has 3 aromatic rings. The summed E-state index contributed by atoms with van der Waals surface area (Å²) in [7, 11) is 1.71. The van der Waals surface area contributed by atoms with E-state index in [0.29, 0.717) is 29.0 Å². The fourth-order valence-electron chi connectivity index (χ4n) is 3.30. The van der Waals surface area contributed by atoms with Crippen LogP contribution in [0.5, 0.6) is 0 Å². The van der Waals surface area contributed by atoms with Crippen LogP contribution in [0.1, 0.15) is 34.0 Å². The van der Waals surface area contributed by atoms with E-state index < -0.39 is 11.7 Å². The molecule has 0 saturated carbocycles. The Kier molecular flexibility index (Phi) is 5.50. The molecule has 0 unspecified atom stereocenters. The van der Waals surface area contributed by atoms with Gasteiger partial charge >= 0.3 is 6.18 Å². The number of aromatic nitrogens is 1. The Morgan fingerprint density at radius 1 is 1.14 bits per heavy atom. The Balaban J connectivity index is 2.14. The van der Waals surface area contributed by atoms with Gasteiger partial charge in [-0.05, 0) is 44.0 Å². The maximum Gasteiger partial charge on any atom is 0.416 e. The molecule has 1 aromatic heterocycles. The molecule has 0 aliphatic rings. The second-order valence-corrected chi connectivity index (χ2v) is 6.94. The number of anilines is 2. The Morgan fingerprint density at radius 3 is 2.48 bits per heavy atom. The zero-order chi connectivity index (χ0) is 21.3. The van der Waals surface area contributed by atoms with Crippen molar-refractivity contribution in [3.8, 4) is 0 Å². The molecule has 1 heterocycles. The van der Waals surface area contributed by atoms with Crippen molar-refractivity contribution < 1.29 is 18.0 Å². The Morgan fingerprint density at radius 2 is 1.83 bits per heavy atom. The standard InChI is InChI=1S/C22H22F3N3O/c1-5-28(4)21(29)16-12-26-20(15-9-6-8-13(2)19(15)16)27-18-11-7-10-17(14(18)3)22(23,24)25/h6-12H,5H2,1-4H3,(H,26,27). The SMILES string of the molecule is CCN(C)C(=O)c1cnc(Nc2cccc(C(F)(F)F)c2C)c2cccc(C)c12. The van der Waals surface area contributed by atoms with Crippen LogP contribution in [0.2, 0.25) is 0 Å². The van der Waals surface area contributed by atoms with E-state index in [1.54, 1.807) is 18.0 Å². The molecule has 1 amide bonds. The van der Waals surface area contributed by atoms with Gasteiger partial charge < -0.3 is 10.2 Å². The third-order valence-corrected chi connectivity index (χ3v) is 5.06. The van der Waals surface area contributed by atoms with Gasteiger partial charge in [0.05, 0.1) is 11.1 Å². The van der Waals surface area contributed by atoms with Crippen molar-refractivity contribution in [3.63, 3.8) is 0 Å². The fraction of sp³-hybridized carbons (Fsp3) is 0.273. The molecule has 1 N–H and O–H groups in total. The minimum Gasteiger partial charge on any atom is -0.342 e. The molecular weight excluding hydrogens is 379 g/mol. The number of hydrogen-bond donors (Lipinski definition) is 1. The Labute approximate surface area is 167 Å². The topological polar surface area (TPSA) is 45.2 Å². The lowest BCUT2D eigenvalue weighted by molar-refractivity contribution is -0.138. The summed E-state index contributed by atoms with van der Waals surface area (Å²) in [6.45, 7) is 5.75. The van der Waals surface area contributed by atoms with Gasteiger partial charge in [0.1, 0.15) is 5.82 Å². The molecule has 2 aromatic carbocycles. The van der Waals surface area contributed by atoms with Crippen LogP contribution >= 0.6 is 0 Å². The first-order valence-electron chi connectivity index (χ1n) is 9.22. The monoisotopic (exact) mass is 401 g/mol. The molecule has 0 radical (unpaired) electrons. The number of nitrogens with one attached hydrogen (secondary N) is 1. The lowest BCUT2D eigenvalue weighted by Crippen LogP contribution is -2.26. The van der Waals surface area contributed by atoms with Crippen molar-refractivity contribution in [2.45, 2.75) is 26.9 Å². The summed E-state index contributed by atoms with van der Waals surface area (Å²) in [6.07, 6.45) is -2.95. The van der Waals surface area contributed by atoms with Crippen molar-refractivity contribution in [2.75, 3.05) is 18.9 Å². The van der Waals surface area contributed by atoms with Crippen molar-refractivity contribution >= 4 is 28.2 Å². The molecule has 0 atom stereocenters. The van der Waals surface area contributed by atoms with Gasteiger partial charge in [0.2, 0.25) is 0 Å². The number of halogens is 3. The number of carbonyl (C=O) groups is 1. The van der Waals surface area contributed by atoms with Gasteiger partial charge in [-0.25, -0.2) is 4.98 Å². The molecule has 0 saturated heterocycles. The minimum absolute atomic E-state index is 0.0912. The number of amides is 1. The molecule has 0 fully saturated rings. The lowest BCUT2D eigenvalue weighted by Gasteiger charge is -2.19. The second-order valence-electron chi connectivity index (χ2n) is 6.94. The van der Waals surface area contributed by atoms with E-state index in [1.165, 1.54) is 19.2 Å². The van der Waals surface area contributed by atoms with Crippen LogP contribution in [0.15, 0.2) is 42.6 Å². The average Bonchev–Trinajstić information content (AvgIpc) is 2.68. The molecular formula is C22H22F3N3O. The van der Waals surface area contributed by atoms with Gasteiger partial charge in [-0.15, -0.1) is 0 Å². The number of nitrogens with zero attached hydrogens (tertiary/aromatic N) is 2. The van der Waals surface area contributed by atoms with E-state index in [9.17, 15) is 18.0 Å². The lowest BCUT2D eigenvalue weighted by atomic mass is 10.0. The van der Waals surface area contributed by atoms with Crippen molar-refractivity contribution in [1.29, 1.82) is 0 Å². The first kappa shape index (κ1) is 20.6. The zero-order valence-electron chi connectivity index (χ0n) is 16.7. The highest BCUT2D eigenvalue weighted by molar-refractivity contribution is 6.10. The number of carbonyl (C=O) groups excluding carboxylic acids is 1. The molecule has 29 heavy (non-hydrogen) atoms. The normalized spacial score (nSPS) is 11.6. The zero-order valence-corrected chi connectivity index (χ0v) is 16.7. The molecule has 4 nitrogen and oxygen atoms in total. The molecule has 7 heteroatoms. The largest absolute Gasteiger partial charge is 0.416 e. The summed E-state index contributed by atoms with van der Waals surface area (Å²) in [6, 6.07) is 9.53. The highest BCUT2D eigenvalue weighted by Crippen LogP contribution is 2.36. The molecule has 152 valence electrons. The highest BCUT2D eigenvalue weighted by atomic mass is 19.4. The van der Waals surface area contributed by atoms with Crippen molar-refractivity contribution in [2.24, 2.45) is 0 Å². The minimum atomic E-state index is -4.44. The summed E-state index contributed by atoms with van der Waals surface area (Å²) in [5, 5.41) is 4.44. The number of alkyl halides is 3. The second kappa shape index (κ2) is 7.73. The van der Waals surface area contributed by atoms with Crippen LogP contribution in [-0.4, -0.2) is 29.4 Å². The smallest absolute Gasteiger partial charge is 0.342 e. The molecule has 0 aliphatic heterocycles. The average molecular weight is 401 g/mol. The van der Waals surface area contributed by atoms with E-state index >= 15 is 0 Å². The number of rotatable bonds is 4. The summed E-state index contributed by atoms with van der Waals surface area (Å²) in [4.78, 5) is 18.7.